The lowest BCUT2D eigenvalue weighted by atomic mass is 10.0. The number of alkyl halides is 1. The zero-order valence-electron chi connectivity index (χ0n) is 13.6. The van der Waals surface area contributed by atoms with E-state index in [2.05, 4.69) is 5.32 Å². The Bertz CT molecular complexity index is 849. The number of carbonyl (C=O) groups excluding carboxylic acids is 2. The molecule has 0 aromatic heterocycles. The highest BCUT2D eigenvalue weighted by molar-refractivity contribution is 8.00. The first kappa shape index (κ1) is 20.7. The molecule has 27 heavy (non-hydrogen) atoms. The molecule has 1 aromatic rings. The van der Waals surface area contributed by atoms with Gasteiger partial charge in [0.15, 0.2) is 0 Å². The van der Waals surface area contributed by atoms with Gasteiger partial charge >= 0.3 is 5.97 Å². The number of hydrogen-bond donors (Lipinski definition) is 2. The van der Waals surface area contributed by atoms with Crippen molar-refractivity contribution >= 4 is 76.1 Å². The molecule has 144 valence electrons. The zero-order valence-corrected chi connectivity index (χ0v) is 17.5. The molecule has 2 aliphatic heterocycles. The van der Waals surface area contributed by atoms with Crippen LogP contribution >= 0.6 is 58.3 Å². The van der Waals surface area contributed by atoms with Crippen molar-refractivity contribution in [2.75, 3.05) is 17.4 Å². The number of hydrogen-bond acceptors (Lipinski definition) is 5. The summed E-state index contributed by atoms with van der Waals surface area (Å²) in [5, 5.41) is 12.4. The van der Waals surface area contributed by atoms with Gasteiger partial charge in [-0.3, -0.25) is 14.5 Å². The summed E-state index contributed by atoms with van der Waals surface area (Å²) >= 11 is 20.2. The van der Waals surface area contributed by atoms with E-state index in [1.807, 2.05) is 0 Å². The molecule has 0 bridgehead atoms. The minimum absolute atomic E-state index is 0.0441. The maximum absolute atomic E-state index is 12.4. The molecule has 2 atom stereocenters. The van der Waals surface area contributed by atoms with Crippen molar-refractivity contribution in [3.8, 4) is 0 Å². The highest BCUT2D eigenvalue weighted by atomic mass is 35.5. The molecule has 1 aromatic carbocycles. The molecule has 2 N–H and O–H groups in total. The van der Waals surface area contributed by atoms with E-state index in [1.54, 1.807) is 18.2 Å². The van der Waals surface area contributed by atoms with Crippen LogP contribution in [0.15, 0.2) is 34.4 Å². The molecule has 0 radical (unpaired) electrons. The third-order valence-electron chi connectivity index (χ3n) is 3.99. The van der Waals surface area contributed by atoms with Crippen LogP contribution in [0.1, 0.15) is 0 Å². The van der Waals surface area contributed by atoms with Crippen LogP contribution in [-0.4, -0.2) is 56.6 Å². The van der Waals surface area contributed by atoms with Gasteiger partial charge in [0.25, 0.3) is 5.91 Å². The first-order valence-corrected chi connectivity index (χ1v) is 11.0. The molecule has 11 heteroatoms. The van der Waals surface area contributed by atoms with E-state index in [-0.39, 0.29) is 23.2 Å². The number of thioether (sulfide) groups is 2. The number of aliphatic carboxylic acids is 1. The largest absolute Gasteiger partial charge is 0.477 e. The molecule has 1 fully saturated rings. The summed E-state index contributed by atoms with van der Waals surface area (Å²) < 4.78 is 0. The van der Waals surface area contributed by atoms with Crippen LogP contribution in [0.25, 0.3) is 0 Å². The highest BCUT2D eigenvalue weighted by Crippen LogP contribution is 2.40. The van der Waals surface area contributed by atoms with E-state index >= 15 is 0 Å². The number of nitrogens with zero attached hydrogens (tertiary/aromatic N) is 1. The summed E-state index contributed by atoms with van der Waals surface area (Å²) in [5.74, 6) is -1.42. The number of fused-ring (bicyclic) bond motifs is 1. The zero-order chi connectivity index (χ0) is 19.7. The number of rotatable bonds is 6. The second-order valence-electron chi connectivity index (χ2n) is 5.71. The van der Waals surface area contributed by atoms with Gasteiger partial charge in [0.2, 0.25) is 5.91 Å². The number of amides is 2. The van der Waals surface area contributed by atoms with Gasteiger partial charge in [0, 0.05) is 16.5 Å². The van der Waals surface area contributed by atoms with Crippen LogP contribution in [0, 0.1) is 0 Å². The Balaban J connectivity index is 1.60. The van der Waals surface area contributed by atoms with Crippen molar-refractivity contribution in [1.29, 1.82) is 0 Å². The van der Waals surface area contributed by atoms with E-state index in [9.17, 15) is 19.5 Å². The number of β-lactam (4-membered cyclic amide) rings is 1. The molecule has 0 spiro atoms. The molecule has 2 heterocycles. The average Bonchev–Trinajstić information content (AvgIpc) is 2.65. The molecular formula is C16H13Cl3N2O4S2. The van der Waals surface area contributed by atoms with Gasteiger partial charge in [-0.25, -0.2) is 4.79 Å². The fourth-order valence-corrected chi connectivity index (χ4v) is 5.51. The Kier molecular flexibility index (Phi) is 6.53. The molecule has 2 amide bonds. The molecular weight excluding hydrogens is 455 g/mol. The van der Waals surface area contributed by atoms with E-state index < -0.39 is 23.3 Å². The predicted octanol–water partition coefficient (Wildman–Crippen LogP) is 3.06. The molecule has 6 nitrogen and oxygen atoms in total. The van der Waals surface area contributed by atoms with Crippen molar-refractivity contribution in [3.05, 3.63) is 39.5 Å². The highest BCUT2D eigenvalue weighted by Gasteiger charge is 2.53. The first-order chi connectivity index (χ1) is 12.8. The van der Waals surface area contributed by atoms with Crippen LogP contribution in [0.3, 0.4) is 0 Å². The number of carbonyl (C=O) groups is 3. The summed E-state index contributed by atoms with van der Waals surface area (Å²) in [6.07, 6.45) is 0. The SMILES string of the molecule is O=C(CSc1ccc(Cl)c(Cl)c1)N[C@@H]1C(=O)N2C(C(=O)O)=C(CCl)CS[C@H]12. The number of carboxylic acids is 1. The Hall–Kier alpha value is -1.06. The third kappa shape index (κ3) is 4.19. The van der Waals surface area contributed by atoms with Crippen LogP contribution < -0.4 is 5.32 Å². The summed E-state index contributed by atoms with van der Waals surface area (Å²) in [4.78, 5) is 38.0. The number of nitrogens with one attached hydrogen (secondary N) is 1. The van der Waals surface area contributed by atoms with E-state index in [1.165, 1.54) is 28.4 Å². The van der Waals surface area contributed by atoms with Crippen molar-refractivity contribution in [2.24, 2.45) is 0 Å². The normalized spacial score (nSPS) is 21.6. The first-order valence-electron chi connectivity index (χ1n) is 7.66. The molecule has 2 aliphatic rings. The monoisotopic (exact) mass is 466 g/mol. The lowest BCUT2D eigenvalue weighted by Crippen LogP contribution is -2.70. The molecule has 0 aliphatic carbocycles. The average molecular weight is 468 g/mol. The summed E-state index contributed by atoms with van der Waals surface area (Å²) in [6, 6.07) is 4.30. The minimum Gasteiger partial charge on any atom is -0.477 e. The maximum atomic E-state index is 12.4. The summed E-state index contributed by atoms with van der Waals surface area (Å²) in [5.41, 5.74) is 0.424. The summed E-state index contributed by atoms with van der Waals surface area (Å²) in [7, 11) is 0. The minimum atomic E-state index is -1.19. The quantitative estimate of drug-likeness (QED) is 0.380. The Morgan fingerprint density at radius 1 is 1.33 bits per heavy atom. The topological polar surface area (TPSA) is 86.7 Å². The van der Waals surface area contributed by atoms with Crippen LogP contribution in [-0.2, 0) is 14.4 Å². The van der Waals surface area contributed by atoms with Crippen molar-refractivity contribution in [3.63, 3.8) is 0 Å². The van der Waals surface area contributed by atoms with Crippen LogP contribution in [0.4, 0.5) is 0 Å². The second kappa shape index (κ2) is 8.53. The lowest BCUT2D eigenvalue weighted by molar-refractivity contribution is -0.150. The molecule has 3 rings (SSSR count). The fraction of sp³-hybridized carbons (Fsp3) is 0.312. The predicted molar refractivity (Wildman–Crippen MR) is 108 cm³/mol. The standard InChI is InChI=1S/C16H13Cl3N2O4S2/c17-4-7-5-27-15-12(14(23)21(15)13(7)16(24)25)20-11(22)6-26-8-1-2-9(18)10(19)3-8/h1-3,12,15H,4-6H2,(H,20,22)(H,24,25)/t12-,15-/m1/s1. The van der Waals surface area contributed by atoms with E-state index in [4.69, 9.17) is 34.8 Å². The van der Waals surface area contributed by atoms with Gasteiger partial charge in [-0.1, -0.05) is 23.2 Å². The summed E-state index contributed by atoms with van der Waals surface area (Å²) in [6.45, 7) is 0. The second-order valence-corrected chi connectivity index (χ2v) is 8.95. The number of carboxylic acid groups (broad SMARTS) is 1. The maximum Gasteiger partial charge on any atom is 0.352 e. The smallest absolute Gasteiger partial charge is 0.352 e. The van der Waals surface area contributed by atoms with Gasteiger partial charge in [-0.15, -0.1) is 35.1 Å². The van der Waals surface area contributed by atoms with Crippen LogP contribution in [0.2, 0.25) is 10.0 Å². The van der Waals surface area contributed by atoms with Crippen molar-refractivity contribution in [2.45, 2.75) is 16.3 Å². The number of benzene rings is 1. The van der Waals surface area contributed by atoms with E-state index in [0.717, 1.165) is 4.90 Å². The molecule has 0 saturated carbocycles. The lowest BCUT2D eigenvalue weighted by Gasteiger charge is -2.49. The van der Waals surface area contributed by atoms with Gasteiger partial charge in [0.1, 0.15) is 17.1 Å². The van der Waals surface area contributed by atoms with Gasteiger partial charge in [-0.2, -0.15) is 0 Å². The van der Waals surface area contributed by atoms with Gasteiger partial charge in [0.05, 0.1) is 15.8 Å². The molecule has 0 unspecified atom stereocenters. The Labute approximate surface area is 178 Å². The van der Waals surface area contributed by atoms with Crippen molar-refractivity contribution < 1.29 is 19.5 Å². The van der Waals surface area contributed by atoms with E-state index in [0.29, 0.717) is 21.4 Å². The van der Waals surface area contributed by atoms with Crippen LogP contribution in [0.5, 0.6) is 0 Å². The molecule has 1 saturated heterocycles. The number of halogens is 3. The van der Waals surface area contributed by atoms with Gasteiger partial charge in [-0.05, 0) is 23.8 Å². The fourth-order valence-electron chi connectivity index (χ4n) is 2.72. The Morgan fingerprint density at radius 2 is 2.07 bits per heavy atom. The van der Waals surface area contributed by atoms with Crippen molar-refractivity contribution in [1.82, 2.24) is 10.2 Å². The van der Waals surface area contributed by atoms with Gasteiger partial charge < -0.3 is 10.4 Å². The Morgan fingerprint density at radius 3 is 2.70 bits per heavy atom. The third-order valence-corrected chi connectivity index (χ3v) is 7.38.